The number of esters is 1. The Morgan fingerprint density at radius 3 is 2.46 bits per heavy atom. The van der Waals surface area contributed by atoms with E-state index in [4.69, 9.17) is 9.47 Å². The molecule has 142 valence electrons. The van der Waals surface area contributed by atoms with Crippen molar-refractivity contribution in [3.63, 3.8) is 0 Å². The maximum absolute atomic E-state index is 12.6. The van der Waals surface area contributed by atoms with Gasteiger partial charge in [-0.25, -0.2) is 4.79 Å². The van der Waals surface area contributed by atoms with E-state index in [0.717, 1.165) is 6.42 Å². The highest BCUT2D eigenvalue weighted by Crippen LogP contribution is 2.27. The van der Waals surface area contributed by atoms with E-state index in [-0.39, 0.29) is 23.7 Å². The Labute approximate surface area is 154 Å². The van der Waals surface area contributed by atoms with Gasteiger partial charge in [0.15, 0.2) is 18.0 Å². The number of ketones is 1. The van der Waals surface area contributed by atoms with Crippen molar-refractivity contribution in [1.29, 1.82) is 0 Å². The highest BCUT2D eigenvalue weighted by Gasteiger charge is 2.38. The number of hydrogen-bond donors (Lipinski definition) is 1. The Bertz CT molecular complexity index is 685. The van der Waals surface area contributed by atoms with E-state index in [1.807, 2.05) is 27.7 Å². The molecule has 1 saturated heterocycles. The predicted molar refractivity (Wildman–Crippen MR) is 97.9 cm³/mol. The van der Waals surface area contributed by atoms with Crippen molar-refractivity contribution in [2.24, 2.45) is 11.8 Å². The Morgan fingerprint density at radius 1 is 1.23 bits per heavy atom. The summed E-state index contributed by atoms with van der Waals surface area (Å²) < 4.78 is 11.1. The van der Waals surface area contributed by atoms with Crippen LogP contribution in [-0.4, -0.2) is 36.0 Å². The quantitative estimate of drug-likeness (QED) is 0.621. The maximum atomic E-state index is 12.6. The smallest absolute Gasteiger partial charge is 0.336 e. The third-order valence-electron chi connectivity index (χ3n) is 4.48. The zero-order chi connectivity index (χ0) is 19.4. The number of hydrogen-bond acceptors (Lipinski definition) is 5. The Kier molecular flexibility index (Phi) is 6.53. The largest absolute Gasteiger partial charge is 0.450 e. The first kappa shape index (κ1) is 20.1. The third kappa shape index (κ3) is 4.91. The molecule has 26 heavy (non-hydrogen) atoms. The van der Waals surface area contributed by atoms with Crippen LogP contribution in [0.15, 0.2) is 24.3 Å². The lowest BCUT2D eigenvalue weighted by Gasteiger charge is -2.23. The van der Waals surface area contributed by atoms with Gasteiger partial charge in [0.2, 0.25) is 0 Å². The summed E-state index contributed by atoms with van der Waals surface area (Å²) in [5, 5.41) is 2.73. The van der Waals surface area contributed by atoms with Crippen molar-refractivity contribution in [3.8, 4) is 0 Å². The van der Waals surface area contributed by atoms with E-state index in [9.17, 15) is 14.4 Å². The van der Waals surface area contributed by atoms with Crippen molar-refractivity contribution in [1.82, 2.24) is 0 Å². The number of nitrogens with one attached hydrogen (secondary N) is 1. The summed E-state index contributed by atoms with van der Waals surface area (Å²) >= 11 is 0. The number of amides is 1. The average Bonchev–Trinajstić information content (AvgIpc) is 2.90. The molecule has 4 unspecified atom stereocenters. The molecule has 1 aromatic rings. The molecule has 0 radical (unpaired) electrons. The van der Waals surface area contributed by atoms with E-state index in [1.54, 1.807) is 24.3 Å². The molecular formula is C20H27NO5. The number of carbonyl (C=O) groups excluding carboxylic acids is 3. The molecule has 1 N–H and O–H groups in total. The Morgan fingerprint density at radius 2 is 1.92 bits per heavy atom. The van der Waals surface area contributed by atoms with Gasteiger partial charge in [0.05, 0.1) is 6.10 Å². The normalized spacial score (nSPS) is 23.5. The minimum absolute atomic E-state index is 0.00296. The van der Waals surface area contributed by atoms with Gasteiger partial charge in [-0.05, 0) is 44.2 Å². The van der Waals surface area contributed by atoms with Crippen molar-refractivity contribution in [2.75, 3.05) is 5.32 Å². The molecule has 4 atom stereocenters. The van der Waals surface area contributed by atoms with Crippen LogP contribution in [0.1, 0.15) is 51.4 Å². The summed E-state index contributed by atoms with van der Waals surface area (Å²) in [4.78, 5) is 36.5. The van der Waals surface area contributed by atoms with E-state index in [1.165, 1.54) is 6.92 Å². The summed E-state index contributed by atoms with van der Waals surface area (Å²) in [5.74, 6) is -1.17. The molecule has 1 aliphatic heterocycles. The van der Waals surface area contributed by atoms with Crippen molar-refractivity contribution < 1.29 is 23.9 Å². The fourth-order valence-electron chi connectivity index (χ4n) is 3.09. The minimum atomic E-state index is -0.935. The number of benzene rings is 1. The van der Waals surface area contributed by atoms with Gasteiger partial charge < -0.3 is 14.8 Å². The van der Waals surface area contributed by atoms with E-state index < -0.39 is 24.1 Å². The summed E-state index contributed by atoms with van der Waals surface area (Å²) in [6, 6.07) is 6.66. The van der Waals surface area contributed by atoms with E-state index in [2.05, 4.69) is 5.32 Å². The maximum Gasteiger partial charge on any atom is 0.336 e. The number of anilines is 1. The lowest BCUT2D eigenvalue weighted by atomic mass is 10.0. The Hall–Kier alpha value is -2.21. The molecule has 2 rings (SSSR count). The van der Waals surface area contributed by atoms with Crippen LogP contribution in [0.3, 0.4) is 0 Å². The van der Waals surface area contributed by atoms with Gasteiger partial charge in [0.1, 0.15) is 0 Å². The van der Waals surface area contributed by atoms with Crippen LogP contribution in [0, 0.1) is 11.8 Å². The van der Waals surface area contributed by atoms with E-state index in [0.29, 0.717) is 11.3 Å². The Balaban J connectivity index is 2.06. The lowest BCUT2D eigenvalue weighted by Crippen LogP contribution is -2.40. The van der Waals surface area contributed by atoms with Gasteiger partial charge in [-0.1, -0.05) is 32.9 Å². The number of Topliss-reactive ketones (excluding diaryl/α,β-unsaturated/α-hetero) is 1. The second-order valence-corrected chi connectivity index (χ2v) is 7.31. The number of carbonyl (C=O) groups is 3. The monoisotopic (exact) mass is 361 g/mol. The van der Waals surface area contributed by atoms with E-state index >= 15 is 0 Å². The highest BCUT2D eigenvalue weighted by atomic mass is 16.6. The van der Waals surface area contributed by atoms with Crippen LogP contribution >= 0.6 is 0 Å². The molecular weight excluding hydrogens is 334 g/mol. The van der Waals surface area contributed by atoms with Crippen molar-refractivity contribution >= 4 is 23.3 Å². The first-order chi connectivity index (χ1) is 12.2. The molecule has 1 heterocycles. The first-order valence-corrected chi connectivity index (χ1v) is 8.96. The zero-order valence-electron chi connectivity index (χ0n) is 15.9. The summed E-state index contributed by atoms with van der Waals surface area (Å²) in [5.41, 5.74) is 0.992. The number of rotatable bonds is 6. The topological polar surface area (TPSA) is 81.7 Å². The predicted octanol–water partition coefficient (Wildman–Crippen LogP) is 3.21. The fraction of sp³-hybridized carbons (Fsp3) is 0.550. The first-order valence-electron chi connectivity index (χ1n) is 8.96. The van der Waals surface area contributed by atoms with Gasteiger partial charge in [-0.2, -0.15) is 0 Å². The van der Waals surface area contributed by atoms with Gasteiger partial charge in [0, 0.05) is 11.3 Å². The standard InChI is InChI=1S/C20H27NO5/c1-11(2)17(26-20(24)18-12(3)9-13(4)25-18)19(23)21-16-8-6-7-15(10-16)14(5)22/h6-8,10-13,17-18H,9H2,1-5H3,(H,21,23). The van der Waals surface area contributed by atoms with Crippen LogP contribution in [-0.2, 0) is 19.1 Å². The molecule has 0 aromatic heterocycles. The van der Waals surface area contributed by atoms with Gasteiger partial charge in [-0.15, -0.1) is 0 Å². The summed E-state index contributed by atoms with van der Waals surface area (Å²) in [6.45, 7) is 8.94. The molecule has 0 bridgehead atoms. The zero-order valence-corrected chi connectivity index (χ0v) is 15.9. The molecule has 6 heteroatoms. The average molecular weight is 361 g/mol. The van der Waals surface area contributed by atoms with Crippen molar-refractivity contribution in [3.05, 3.63) is 29.8 Å². The molecule has 0 aliphatic carbocycles. The van der Waals surface area contributed by atoms with Gasteiger partial charge >= 0.3 is 5.97 Å². The summed E-state index contributed by atoms with van der Waals surface area (Å²) in [6.07, 6.45) is -0.783. The number of ether oxygens (including phenoxy) is 2. The van der Waals surface area contributed by atoms with Crippen molar-refractivity contribution in [2.45, 2.75) is 59.4 Å². The van der Waals surface area contributed by atoms with Crippen LogP contribution < -0.4 is 5.32 Å². The van der Waals surface area contributed by atoms with Crippen LogP contribution in [0.25, 0.3) is 0 Å². The molecule has 1 aliphatic rings. The minimum Gasteiger partial charge on any atom is -0.450 e. The molecule has 6 nitrogen and oxygen atoms in total. The molecule has 1 aromatic carbocycles. The highest BCUT2D eigenvalue weighted by molar-refractivity contribution is 5.98. The van der Waals surface area contributed by atoms with Crippen LogP contribution in [0.2, 0.25) is 0 Å². The lowest BCUT2D eigenvalue weighted by molar-refractivity contribution is -0.168. The molecule has 1 fully saturated rings. The SMILES string of the molecule is CC(=O)c1cccc(NC(=O)C(OC(=O)C2OC(C)CC2C)C(C)C)c1. The molecule has 0 spiro atoms. The molecule has 1 amide bonds. The second-order valence-electron chi connectivity index (χ2n) is 7.31. The second kappa shape index (κ2) is 8.45. The van der Waals surface area contributed by atoms with Gasteiger partial charge in [-0.3, -0.25) is 9.59 Å². The van der Waals surface area contributed by atoms with Crippen LogP contribution in [0.4, 0.5) is 5.69 Å². The van der Waals surface area contributed by atoms with Gasteiger partial charge in [0.25, 0.3) is 5.91 Å². The fourth-order valence-corrected chi connectivity index (χ4v) is 3.09. The molecule has 0 saturated carbocycles. The summed E-state index contributed by atoms with van der Waals surface area (Å²) in [7, 11) is 0. The van der Waals surface area contributed by atoms with Crippen LogP contribution in [0.5, 0.6) is 0 Å². The third-order valence-corrected chi connectivity index (χ3v) is 4.48.